The van der Waals surface area contributed by atoms with Crippen LogP contribution < -0.4 is 10.0 Å². The third kappa shape index (κ3) is 5.27. The molecule has 1 heterocycles. The molecule has 0 fully saturated rings. The number of benzene rings is 2. The zero-order valence-electron chi connectivity index (χ0n) is 14.8. The standard InChI is InChI=1S/C20H20FN3O2S/c1-15-2-9-19(10-3-15)27(25,26)24-20-11-8-18(14-23-20)22-13-12-16-4-6-17(21)7-5-16/h2-11,14,22H,12-13H2,1H3,(H,23,24). The Morgan fingerprint density at radius 2 is 1.67 bits per heavy atom. The lowest BCUT2D eigenvalue weighted by molar-refractivity contribution is 0.601. The first kappa shape index (κ1) is 18.8. The van der Waals surface area contributed by atoms with Crippen LogP contribution in [0.15, 0.2) is 71.8 Å². The first-order valence-electron chi connectivity index (χ1n) is 8.46. The number of aromatic nitrogens is 1. The normalized spacial score (nSPS) is 11.2. The highest BCUT2D eigenvalue weighted by Crippen LogP contribution is 2.16. The fraction of sp³-hybridized carbons (Fsp3) is 0.150. The molecule has 0 atom stereocenters. The van der Waals surface area contributed by atoms with E-state index in [1.54, 1.807) is 54.7 Å². The number of hydrogen-bond donors (Lipinski definition) is 2. The number of pyridine rings is 1. The van der Waals surface area contributed by atoms with Crippen molar-refractivity contribution in [1.29, 1.82) is 0 Å². The Hall–Kier alpha value is -2.93. The summed E-state index contributed by atoms with van der Waals surface area (Å²) in [4.78, 5) is 4.33. The van der Waals surface area contributed by atoms with Gasteiger partial charge in [-0.15, -0.1) is 0 Å². The minimum Gasteiger partial charge on any atom is -0.383 e. The third-order valence-electron chi connectivity index (χ3n) is 3.99. The van der Waals surface area contributed by atoms with Crippen molar-refractivity contribution in [3.8, 4) is 0 Å². The number of sulfonamides is 1. The van der Waals surface area contributed by atoms with Crippen molar-refractivity contribution >= 4 is 21.5 Å². The van der Waals surface area contributed by atoms with Gasteiger partial charge in [0.25, 0.3) is 10.0 Å². The van der Waals surface area contributed by atoms with E-state index in [-0.39, 0.29) is 16.5 Å². The van der Waals surface area contributed by atoms with Crippen LogP contribution in [0, 0.1) is 12.7 Å². The Morgan fingerprint density at radius 1 is 0.963 bits per heavy atom. The van der Waals surface area contributed by atoms with Gasteiger partial charge in [0.05, 0.1) is 16.8 Å². The minimum absolute atomic E-state index is 0.191. The predicted molar refractivity (Wildman–Crippen MR) is 105 cm³/mol. The number of nitrogens with zero attached hydrogens (tertiary/aromatic N) is 1. The molecular weight excluding hydrogens is 365 g/mol. The lowest BCUT2D eigenvalue weighted by Crippen LogP contribution is -2.14. The van der Waals surface area contributed by atoms with E-state index in [0.717, 1.165) is 23.2 Å². The molecule has 0 amide bonds. The van der Waals surface area contributed by atoms with E-state index in [0.29, 0.717) is 6.54 Å². The molecule has 0 bridgehead atoms. The summed E-state index contributed by atoms with van der Waals surface area (Å²) in [5.74, 6) is -0.000697. The highest BCUT2D eigenvalue weighted by Gasteiger charge is 2.14. The average Bonchev–Trinajstić information content (AvgIpc) is 2.65. The van der Waals surface area contributed by atoms with E-state index in [1.165, 1.54) is 12.1 Å². The van der Waals surface area contributed by atoms with Crippen LogP contribution in [0.1, 0.15) is 11.1 Å². The first-order valence-corrected chi connectivity index (χ1v) is 9.94. The fourth-order valence-electron chi connectivity index (χ4n) is 2.48. The van der Waals surface area contributed by atoms with Gasteiger partial charge in [-0.3, -0.25) is 4.72 Å². The number of rotatable bonds is 7. The van der Waals surface area contributed by atoms with E-state index in [2.05, 4.69) is 15.0 Å². The second-order valence-corrected chi connectivity index (χ2v) is 7.84. The molecule has 27 heavy (non-hydrogen) atoms. The van der Waals surface area contributed by atoms with E-state index >= 15 is 0 Å². The molecule has 3 rings (SSSR count). The van der Waals surface area contributed by atoms with Gasteiger partial charge in [0.15, 0.2) is 0 Å². The lowest BCUT2D eigenvalue weighted by Gasteiger charge is -2.09. The van der Waals surface area contributed by atoms with Gasteiger partial charge in [-0.05, 0) is 55.3 Å². The highest BCUT2D eigenvalue weighted by atomic mass is 32.2. The molecule has 0 spiro atoms. The number of hydrogen-bond acceptors (Lipinski definition) is 4. The molecule has 0 saturated heterocycles. The van der Waals surface area contributed by atoms with Crippen molar-refractivity contribution in [3.63, 3.8) is 0 Å². The van der Waals surface area contributed by atoms with Crippen molar-refractivity contribution in [2.75, 3.05) is 16.6 Å². The molecule has 2 aromatic carbocycles. The van der Waals surface area contributed by atoms with Crippen LogP contribution in [0.4, 0.5) is 15.9 Å². The SMILES string of the molecule is Cc1ccc(S(=O)(=O)Nc2ccc(NCCc3ccc(F)cc3)cn2)cc1. The molecular formula is C20H20FN3O2S. The Balaban J connectivity index is 1.56. The molecule has 0 aliphatic heterocycles. The summed E-state index contributed by atoms with van der Waals surface area (Å²) in [5.41, 5.74) is 2.79. The number of nitrogens with one attached hydrogen (secondary N) is 2. The van der Waals surface area contributed by atoms with Gasteiger partial charge in [-0.2, -0.15) is 0 Å². The van der Waals surface area contributed by atoms with Crippen molar-refractivity contribution in [2.45, 2.75) is 18.2 Å². The molecule has 0 aliphatic rings. The van der Waals surface area contributed by atoms with Crippen LogP contribution in [0.5, 0.6) is 0 Å². The molecule has 3 aromatic rings. The summed E-state index contributed by atoms with van der Waals surface area (Å²) in [6, 6.07) is 16.3. The van der Waals surface area contributed by atoms with Gasteiger partial charge >= 0.3 is 0 Å². The summed E-state index contributed by atoms with van der Waals surface area (Å²) in [7, 11) is -3.66. The zero-order valence-corrected chi connectivity index (χ0v) is 15.6. The Bertz CT molecular complexity index is 987. The molecule has 2 N–H and O–H groups in total. The van der Waals surface area contributed by atoms with E-state index < -0.39 is 10.0 Å². The summed E-state index contributed by atoms with van der Waals surface area (Å²) < 4.78 is 40.1. The first-order chi connectivity index (χ1) is 12.9. The van der Waals surface area contributed by atoms with E-state index in [9.17, 15) is 12.8 Å². The van der Waals surface area contributed by atoms with Crippen LogP contribution >= 0.6 is 0 Å². The summed E-state index contributed by atoms with van der Waals surface area (Å²) >= 11 is 0. The van der Waals surface area contributed by atoms with Gasteiger partial charge in [-0.25, -0.2) is 17.8 Å². The molecule has 5 nitrogen and oxygen atoms in total. The van der Waals surface area contributed by atoms with Crippen LogP contribution in [0.25, 0.3) is 0 Å². The van der Waals surface area contributed by atoms with Crippen molar-refractivity contribution in [2.24, 2.45) is 0 Å². The summed E-state index contributed by atoms with van der Waals surface area (Å²) in [5, 5.41) is 3.20. The molecule has 0 saturated carbocycles. The number of aryl methyl sites for hydroxylation is 1. The largest absolute Gasteiger partial charge is 0.383 e. The smallest absolute Gasteiger partial charge is 0.263 e. The summed E-state index contributed by atoms with van der Waals surface area (Å²) in [6.07, 6.45) is 2.31. The topological polar surface area (TPSA) is 71.1 Å². The van der Waals surface area contributed by atoms with Crippen LogP contribution in [-0.2, 0) is 16.4 Å². The van der Waals surface area contributed by atoms with E-state index in [1.807, 2.05) is 6.92 Å². The Labute approximate surface area is 158 Å². The number of anilines is 2. The summed E-state index contributed by atoms with van der Waals surface area (Å²) in [6.45, 7) is 2.55. The number of halogens is 1. The molecule has 0 radical (unpaired) electrons. The zero-order chi connectivity index (χ0) is 19.3. The lowest BCUT2D eigenvalue weighted by atomic mass is 10.1. The second-order valence-electron chi connectivity index (χ2n) is 6.15. The van der Waals surface area contributed by atoms with Gasteiger partial charge in [0.2, 0.25) is 0 Å². The highest BCUT2D eigenvalue weighted by molar-refractivity contribution is 7.92. The van der Waals surface area contributed by atoms with Crippen LogP contribution in [0.3, 0.4) is 0 Å². The Morgan fingerprint density at radius 3 is 2.30 bits per heavy atom. The van der Waals surface area contributed by atoms with Crippen molar-refractivity contribution in [1.82, 2.24) is 4.98 Å². The van der Waals surface area contributed by atoms with Gasteiger partial charge in [0.1, 0.15) is 11.6 Å². The van der Waals surface area contributed by atoms with Crippen molar-refractivity contribution in [3.05, 3.63) is 83.8 Å². The third-order valence-corrected chi connectivity index (χ3v) is 5.36. The minimum atomic E-state index is -3.66. The van der Waals surface area contributed by atoms with Crippen LogP contribution in [-0.4, -0.2) is 19.9 Å². The maximum absolute atomic E-state index is 12.9. The fourth-order valence-corrected chi connectivity index (χ4v) is 3.48. The quantitative estimate of drug-likeness (QED) is 0.645. The monoisotopic (exact) mass is 385 g/mol. The molecule has 7 heteroatoms. The molecule has 0 aliphatic carbocycles. The Kier molecular flexibility index (Phi) is 5.71. The van der Waals surface area contributed by atoms with E-state index in [4.69, 9.17) is 0 Å². The maximum Gasteiger partial charge on any atom is 0.263 e. The second kappa shape index (κ2) is 8.18. The maximum atomic E-state index is 12.9. The van der Waals surface area contributed by atoms with Gasteiger partial charge in [0, 0.05) is 6.54 Å². The van der Waals surface area contributed by atoms with Crippen molar-refractivity contribution < 1.29 is 12.8 Å². The predicted octanol–water partition coefficient (Wildman–Crippen LogP) is 3.98. The molecule has 140 valence electrons. The van der Waals surface area contributed by atoms with Gasteiger partial charge in [-0.1, -0.05) is 29.8 Å². The average molecular weight is 385 g/mol. The van der Waals surface area contributed by atoms with Crippen LogP contribution in [0.2, 0.25) is 0 Å². The van der Waals surface area contributed by atoms with Gasteiger partial charge < -0.3 is 5.32 Å². The molecule has 0 unspecified atom stereocenters. The molecule has 1 aromatic heterocycles.